The van der Waals surface area contributed by atoms with Gasteiger partial charge in [0, 0.05) is 12.0 Å². The summed E-state index contributed by atoms with van der Waals surface area (Å²) in [6.45, 7) is 1.43. The monoisotopic (exact) mass is 259 g/mol. The molecule has 7 heteroatoms. The van der Waals surface area contributed by atoms with Crippen molar-refractivity contribution in [2.75, 3.05) is 5.75 Å². The van der Waals surface area contributed by atoms with E-state index in [1.54, 1.807) is 0 Å². The molecule has 1 heterocycles. The lowest BCUT2D eigenvalue weighted by Gasteiger charge is -2.15. The molecule has 1 nitrogen and oxygen atoms in total. The summed E-state index contributed by atoms with van der Waals surface area (Å²) in [7, 11) is -1.41. The first-order valence-corrected chi connectivity index (χ1v) is 6.02. The zero-order chi connectivity index (χ0) is 12.3. The fraction of sp³-hybridized carbons (Fsp3) is 0.444. The Morgan fingerprint density at radius 2 is 2.00 bits per heavy atom. The smallest absolute Gasteiger partial charge is 0.255 e. The molecular weight excluding hydrogens is 249 g/mol. The minimum absolute atomic E-state index is 0.0565. The van der Waals surface area contributed by atoms with Crippen molar-refractivity contribution in [3.63, 3.8) is 0 Å². The molecule has 0 N–H and O–H groups in total. The van der Waals surface area contributed by atoms with Gasteiger partial charge in [0.25, 0.3) is 6.43 Å². The minimum Gasteiger partial charge on any atom is -0.255 e. The van der Waals surface area contributed by atoms with Crippen LogP contribution in [0.15, 0.2) is 27.5 Å². The van der Waals surface area contributed by atoms with Crippen molar-refractivity contribution >= 4 is 16.4 Å². The highest BCUT2D eigenvalue weighted by atomic mass is 32.2. The Labute approximate surface area is 92.1 Å². The van der Waals surface area contributed by atoms with Gasteiger partial charge in [0.05, 0.1) is 10.6 Å². The van der Waals surface area contributed by atoms with Crippen molar-refractivity contribution in [3.05, 3.63) is 22.5 Å². The Morgan fingerprint density at radius 3 is 2.50 bits per heavy atom. The first kappa shape index (κ1) is 13.2. The van der Waals surface area contributed by atoms with Gasteiger partial charge in [-0.05, 0) is 12.7 Å². The molecule has 0 aromatic heterocycles. The number of hydrogen-bond acceptors (Lipinski definition) is 1. The van der Waals surface area contributed by atoms with Gasteiger partial charge in [-0.25, -0.2) is 13.2 Å². The van der Waals surface area contributed by atoms with Crippen LogP contribution in [0.4, 0.5) is 22.0 Å². The Hall–Kier alpha value is -0.850. The summed E-state index contributed by atoms with van der Waals surface area (Å²) >= 11 is 0. The average Bonchev–Trinajstić information content (AvgIpc) is 2.55. The number of halogens is 5. The lowest BCUT2D eigenvalue weighted by molar-refractivity contribution is 0.198. The molecule has 0 aliphatic carbocycles. The Balaban J connectivity index is 2.64. The average molecular weight is 259 g/mol. The Morgan fingerprint density at radius 1 is 1.38 bits per heavy atom. The van der Waals surface area contributed by atoms with E-state index in [1.807, 2.05) is 0 Å². The van der Waals surface area contributed by atoms with Crippen LogP contribution in [0.1, 0.15) is 13.3 Å². The van der Waals surface area contributed by atoms with E-state index in [4.69, 9.17) is 0 Å². The summed E-state index contributed by atoms with van der Waals surface area (Å²) in [5.41, 5.74) is 1.53. The molecule has 92 valence electrons. The van der Waals surface area contributed by atoms with E-state index < -0.39 is 35.6 Å². The van der Waals surface area contributed by atoms with Crippen molar-refractivity contribution in [1.82, 2.24) is 0 Å². The van der Waals surface area contributed by atoms with Crippen LogP contribution in [0.5, 0.6) is 0 Å². The zero-order valence-electron chi connectivity index (χ0n) is 8.35. The van der Waals surface area contributed by atoms with E-state index in [0.717, 1.165) is 0 Å². The topological polar surface area (TPSA) is 12.4 Å². The fourth-order valence-electron chi connectivity index (χ4n) is 1.27. The van der Waals surface area contributed by atoms with E-state index in [1.165, 1.54) is 12.5 Å². The van der Waals surface area contributed by atoms with Gasteiger partial charge in [0.15, 0.2) is 5.83 Å². The minimum atomic E-state index is -2.66. The van der Waals surface area contributed by atoms with Crippen LogP contribution in [0.3, 0.4) is 0 Å². The maximum atomic E-state index is 12.5. The molecule has 0 amide bonds. The second-order valence-corrected chi connectivity index (χ2v) is 5.22. The quantitative estimate of drug-likeness (QED) is 0.579. The molecule has 0 saturated carbocycles. The lowest BCUT2D eigenvalue weighted by atomic mass is 10.4. The fourth-order valence-corrected chi connectivity index (χ4v) is 3.22. The standard InChI is InChI=1S/C9H10F5NS/c1-5-7(9(13)14)16(4-15-5)3-2-6(10)8(11)12/h4,9,16H,2-3H2,1H3. The van der Waals surface area contributed by atoms with E-state index in [-0.39, 0.29) is 16.4 Å². The van der Waals surface area contributed by atoms with E-state index in [9.17, 15) is 22.0 Å². The van der Waals surface area contributed by atoms with Crippen molar-refractivity contribution in [2.24, 2.45) is 4.99 Å². The molecule has 16 heavy (non-hydrogen) atoms. The number of hydrogen-bond donors (Lipinski definition) is 1. The third kappa shape index (κ3) is 3.07. The molecule has 0 aromatic rings. The predicted octanol–water partition coefficient (Wildman–Crippen LogP) is 3.99. The first-order chi connectivity index (χ1) is 7.43. The van der Waals surface area contributed by atoms with E-state index >= 15 is 0 Å². The van der Waals surface area contributed by atoms with Gasteiger partial charge in [0.1, 0.15) is 0 Å². The number of alkyl halides is 2. The highest BCUT2D eigenvalue weighted by molar-refractivity contribution is 8.31. The highest BCUT2D eigenvalue weighted by Crippen LogP contribution is 2.44. The number of allylic oxidation sites excluding steroid dienone is 3. The third-order valence-electron chi connectivity index (χ3n) is 2.05. The van der Waals surface area contributed by atoms with Gasteiger partial charge in [0.2, 0.25) is 0 Å². The maximum Gasteiger partial charge on any atom is 0.301 e. The van der Waals surface area contributed by atoms with Gasteiger partial charge in [-0.3, -0.25) is 4.99 Å². The van der Waals surface area contributed by atoms with Crippen LogP contribution in [0, 0.1) is 0 Å². The predicted molar refractivity (Wildman–Crippen MR) is 56.0 cm³/mol. The largest absolute Gasteiger partial charge is 0.301 e. The number of rotatable bonds is 4. The van der Waals surface area contributed by atoms with Gasteiger partial charge in [-0.15, -0.1) is 0 Å². The molecule has 1 unspecified atom stereocenters. The van der Waals surface area contributed by atoms with E-state index in [0.29, 0.717) is 0 Å². The third-order valence-corrected chi connectivity index (χ3v) is 4.29. The number of thiol groups is 1. The number of nitrogens with zero attached hydrogens (tertiary/aromatic N) is 1. The van der Waals surface area contributed by atoms with Crippen molar-refractivity contribution in [1.29, 1.82) is 0 Å². The first-order valence-electron chi connectivity index (χ1n) is 4.43. The Bertz CT molecular complexity index is 357. The maximum absolute atomic E-state index is 12.5. The van der Waals surface area contributed by atoms with Crippen molar-refractivity contribution < 1.29 is 22.0 Å². The molecule has 0 radical (unpaired) electrons. The second kappa shape index (κ2) is 5.47. The lowest BCUT2D eigenvalue weighted by Crippen LogP contribution is -2.01. The number of aliphatic imine (C=N–C) groups is 1. The highest BCUT2D eigenvalue weighted by Gasteiger charge is 2.25. The van der Waals surface area contributed by atoms with Gasteiger partial charge in [-0.1, -0.05) is 0 Å². The zero-order valence-corrected chi connectivity index (χ0v) is 9.25. The SMILES string of the molecule is CC1=C(C(F)F)[SH](CCC(F)=C(F)F)C=N1. The van der Waals surface area contributed by atoms with Crippen LogP contribution >= 0.6 is 10.9 Å². The van der Waals surface area contributed by atoms with Gasteiger partial charge in [-0.2, -0.15) is 19.7 Å². The molecule has 1 aliphatic heterocycles. The van der Waals surface area contributed by atoms with Gasteiger partial charge < -0.3 is 0 Å². The van der Waals surface area contributed by atoms with Crippen molar-refractivity contribution in [3.8, 4) is 0 Å². The summed E-state index contributed by atoms with van der Waals surface area (Å²) in [5.74, 6) is -1.59. The van der Waals surface area contributed by atoms with Crippen LogP contribution in [0.2, 0.25) is 0 Å². The summed E-state index contributed by atoms with van der Waals surface area (Å²) < 4.78 is 61.1. The van der Waals surface area contributed by atoms with E-state index in [2.05, 4.69) is 4.99 Å². The van der Waals surface area contributed by atoms with Crippen LogP contribution < -0.4 is 0 Å². The summed E-state index contributed by atoms with van der Waals surface area (Å²) in [4.78, 5) is 3.58. The molecule has 1 rings (SSSR count). The second-order valence-electron chi connectivity index (χ2n) is 3.12. The normalized spacial score (nSPS) is 22.1. The summed E-state index contributed by atoms with van der Waals surface area (Å²) in [5, 5.41) is 0. The molecule has 0 aromatic carbocycles. The van der Waals surface area contributed by atoms with Crippen LogP contribution in [-0.2, 0) is 0 Å². The Kier molecular flexibility index (Phi) is 4.52. The summed E-state index contributed by atoms with van der Waals surface area (Å²) in [6, 6.07) is 0. The molecule has 0 bridgehead atoms. The molecule has 1 aliphatic rings. The molecule has 1 atom stereocenters. The van der Waals surface area contributed by atoms with Crippen LogP contribution in [0.25, 0.3) is 0 Å². The van der Waals surface area contributed by atoms with Crippen molar-refractivity contribution in [2.45, 2.75) is 19.8 Å². The van der Waals surface area contributed by atoms with Crippen LogP contribution in [-0.4, -0.2) is 17.7 Å². The molecule has 0 saturated heterocycles. The molecule has 0 spiro atoms. The van der Waals surface area contributed by atoms with Gasteiger partial charge >= 0.3 is 6.08 Å². The summed E-state index contributed by atoms with van der Waals surface area (Å²) in [6.07, 6.45) is -5.56. The molecule has 0 fully saturated rings. The molecular formula is C9H10F5NS.